The molecule has 0 bridgehead atoms. The van der Waals surface area contributed by atoms with Crippen LogP contribution in [0.4, 0.5) is 0 Å². The standard InChI is InChI=1S/C21H33N3O2/c1-2-22-21(23-12-7-14-25-17-20-10-6-15-26-20)24-13-11-19(16-24)18-8-4-3-5-9-18/h3-5,8-9,19-20H,2,6-7,10-17H2,1H3,(H,22,23). The second kappa shape index (κ2) is 10.5. The van der Waals surface area contributed by atoms with Crippen molar-refractivity contribution >= 4 is 5.96 Å². The molecule has 2 aliphatic heterocycles. The zero-order valence-corrected chi connectivity index (χ0v) is 16.0. The van der Waals surface area contributed by atoms with Gasteiger partial charge in [0.1, 0.15) is 0 Å². The number of guanidine groups is 1. The number of aliphatic imine (C=N–C) groups is 1. The fourth-order valence-electron chi connectivity index (χ4n) is 3.72. The summed E-state index contributed by atoms with van der Waals surface area (Å²) in [6, 6.07) is 10.8. The van der Waals surface area contributed by atoms with Gasteiger partial charge in [-0.3, -0.25) is 4.99 Å². The summed E-state index contributed by atoms with van der Waals surface area (Å²) in [4.78, 5) is 7.21. The summed E-state index contributed by atoms with van der Waals surface area (Å²) in [5.41, 5.74) is 1.44. The van der Waals surface area contributed by atoms with Crippen LogP contribution in [0.1, 0.15) is 44.1 Å². The molecule has 1 aromatic rings. The zero-order valence-electron chi connectivity index (χ0n) is 16.0. The largest absolute Gasteiger partial charge is 0.379 e. The van der Waals surface area contributed by atoms with Crippen LogP contribution >= 0.6 is 0 Å². The molecule has 2 atom stereocenters. The Kier molecular flexibility index (Phi) is 7.77. The summed E-state index contributed by atoms with van der Waals surface area (Å²) in [5, 5.41) is 3.45. The van der Waals surface area contributed by atoms with Gasteiger partial charge in [-0.15, -0.1) is 0 Å². The van der Waals surface area contributed by atoms with E-state index in [0.717, 1.165) is 64.8 Å². The molecule has 1 N–H and O–H groups in total. The SMILES string of the molecule is CCNC(=NCCCOCC1CCCO1)N1CCC(c2ccccc2)C1. The number of nitrogens with one attached hydrogen (secondary N) is 1. The highest BCUT2D eigenvalue weighted by atomic mass is 16.5. The lowest BCUT2D eigenvalue weighted by atomic mass is 9.99. The summed E-state index contributed by atoms with van der Waals surface area (Å²) >= 11 is 0. The van der Waals surface area contributed by atoms with Gasteiger partial charge in [0.25, 0.3) is 0 Å². The average molecular weight is 360 g/mol. The lowest BCUT2D eigenvalue weighted by molar-refractivity contribution is 0.0170. The maximum atomic E-state index is 5.73. The van der Waals surface area contributed by atoms with Gasteiger partial charge in [-0.05, 0) is 38.2 Å². The van der Waals surface area contributed by atoms with E-state index in [9.17, 15) is 0 Å². The summed E-state index contributed by atoms with van der Waals surface area (Å²) in [7, 11) is 0. The third-order valence-electron chi connectivity index (χ3n) is 5.13. The molecule has 0 aliphatic carbocycles. The average Bonchev–Trinajstić information content (AvgIpc) is 3.36. The molecule has 2 fully saturated rings. The highest BCUT2D eigenvalue weighted by Crippen LogP contribution is 2.26. The monoisotopic (exact) mass is 359 g/mol. The maximum absolute atomic E-state index is 5.73. The van der Waals surface area contributed by atoms with E-state index < -0.39 is 0 Å². The van der Waals surface area contributed by atoms with Crippen LogP contribution in [0.3, 0.4) is 0 Å². The van der Waals surface area contributed by atoms with E-state index >= 15 is 0 Å². The molecule has 144 valence electrons. The van der Waals surface area contributed by atoms with Crippen molar-refractivity contribution in [3.63, 3.8) is 0 Å². The minimum atomic E-state index is 0.315. The Morgan fingerprint density at radius 2 is 2.19 bits per heavy atom. The molecule has 5 nitrogen and oxygen atoms in total. The number of likely N-dealkylation sites (tertiary alicyclic amines) is 1. The van der Waals surface area contributed by atoms with Crippen molar-refractivity contribution in [3.05, 3.63) is 35.9 Å². The Labute approximate surface area is 157 Å². The predicted molar refractivity (Wildman–Crippen MR) is 106 cm³/mol. The van der Waals surface area contributed by atoms with Gasteiger partial charge in [-0.1, -0.05) is 30.3 Å². The van der Waals surface area contributed by atoms with Crippen molar-refractivity contribution in [1.29, 1.82) is 0 Å². The summed E-state index contributed by atoms with van der Waals surface area (Å²) in [6.45, 7) is 8.34. The first-order valence-electron chi connectivity index (χ1n) is 10.1. The van der Waals surface area contributed by atoms with Crippen molar-refractivity contribution < 1.29 is 9.47 Å². The highest BCUT2D eigenvalue weighted by molar-refractivity contribution is 5.80. The van der Waals surface area contributed by atoms with Crippen molar-refractivity contribution in [1.82, 2.24) is 10.2 Å². The Hall–Kier alpha value is -1.59. The maximum Gasteiger partial charge on any atom is 0.193 e. The number of hydrogen-bond acceptors (Lipinski definition) is 3. The third-order valence-corrected chi connectivity index (χ3v) is 5.13. The second-order valence-corrected chi connectivity index (χ2v) is 7.14. The molecule has 0 saturated carbocycles. The van der Waals surface area contributed by atoms with Gasteiger partial charge in [0.2, 0.25) is 0 Å². The topological polar surface area (TPSA) is 46.1 Å². The van der Waals surface area contributed by atoms with Crippen LogP contribution < -0.4 is 5.32 Å². The van der Waals surface area contributed by atoms with E-state index in [-0.39, 0.29) is 0 Å². The first-order chi connectivity index (χ1) is 12.9. The summed E-state index contributed by atoms with van der Waals surface area (Å²) < 4.78 is 11.3. The Morgan fingerprint density at radius 1 is 1.31 bits per heavy atom. The third kappa shape index (κ3) is 5.71. The first-order valence-corrected chi connectivity index (χ1v) is 10.1. The lowest BCUT2D eigenvalue weighted by Gasteiger charge is -2.21. The molecule has 5 heteroatoms. The summed E-state index contributed by atoms with van der Waals surface area (Å²) in [6.07, 6.45) is 4.77. The smallest absolute Gasteiger partial charge is 0.193 e. The molecule has 2 aliphatic rings. The fourth-order valence-corrected chi connectivity index (χ4v) is 3.72. The van der Waals surface area contributed by atoms with Crippen molar-refractivity contribution in [2.45, 2.75) is 44.6 Å². The van der Waals surface area contributed by atoms with E-state index in [1.54, 1.807) is 0 Å². The number of hydrogen-bond donors (Lipinski definition) is 1. The molecular weight excluding hydrogens is 326 g/mol. The molecule has 3 rings (SSSR count). The number of nitrogens with zero attached hydrogens (tertiary/aromatic N) is 2. The second-order valence-electron chi connectivity index (χ2n) is 7.14. The van der Waals surface area contributed by atoms with Crippen LogP contribution in [0.15, 0.2) is 35.3 Å². The van der Waals surface area contributed by atoms with Crippen LogP contribution in [0.25, 0.3) is 0 Å². The van der Waals surface area contributed by atoms with Gasteiger partial charge in [0.05, 0.1) is 12.7 Å². The van der Waals surface area contributed by atoms with Crippen LogP contribution in [0.2, 0.25) is 0 Å². The molecule has 0 aromatic heterocycles. The predicted octanol–water partition coefficient (Wildman–Crippen LogP) is 3.03. The molecule has 0 spiro atoms. The molecule has 0 amide bonds. The van der Waals surface area contributed by atoms with E-state index in [0.29, 0.717) is 12.0 Å². The molecule has 2 saturated heterocycles. The minimum Gasteiger partial charge on any atom is -0.379 e. The minimum absolute atomic E-state index is 0.315. The number of rotatable bonds is 8. The van der Waals surface area contributed by atoms with Crippen LogP contribution in [-0.4, -0.2) is 63.0 Å². The molecule has 2 unspecified atom stereocenters. The van der Waals surface area contributed by atoms with Crippen LogP contribution in [0.5, 0.6) is 0 Å². The van der Waals surface area contributed by atoms with Gasteiger partial charge in [-0.2, -0.15) is 0 Å². The van der Waals surface area contributed by atoms with Gasteiger partial charge in [-0.25, -0.2) is 0 Å². The van der Waals surface area contributed by atoms with Gasteiger partial charge < -0.3 is 19.7 Å². The van der Waals surface area contributed by atoms with Crippen LogP contribution in [-0.2, 0) is 9.47 Å². The molecular formula is C21H33N3O2. The molecule has 2 heterocycles. The van der Waals surface area contributed by atoms with E-state index in [4.69, 9.17) is 14.5 Å². The summed E-state index contributed by atoms with van der Waals surface area (Å²) in [5.74, 6) is 1.65. The number of ether oxygens (including phenoxy) is 2. The molecule has 1 aromatic carbocycles. The Morgan fingerprint density at radius 3 is 2.96 bits per heavy atom. The van der Waals surface area contributed by atoms with Crippen molar-refractivity contribution in [2.24, 2.45) is 4.99 Å². The van der Waals surface area contributed by atoms with E-state index in [1.165, 1.54) is 18.4 Å². The van der Waals surface area contributed by atoms with Gasteiger partial charge in [0, 0.05) is 45.3 Å². The molecule has 26 heavy (non-hydrogen) atoms. The first kappa shape index (κ1) is 19.2. The fraction of sp³-hybridized carbons (Fsp3) is 0.667. The number of benzene rings is 1. The Bertz CT molecular complexity index is 543. The van der Waals surface area contributed by atoms with Crippen LogP contribution in [0, 0.1) is 0 Å². The van der Waals surface area contributed by atoms with Gasteiger partial charge >= 0.3 is 0 Å². The van der Waals surface area contributed by atoms with Crippen molar-refractivity contribution in [2.75, 3.05) is 46.0 Å². The molecule has 0 radical (unpaired) electrons. The van der Waals surface area contributed by atoms with E-state index in [2.05, 4.69) is 47.5 Å². The van der Waals surface area contributed by atoms with Crippen molar-refractivity contribution in [3.8, 4) is 0 Å². The van der Waals surface area contributed by atoms with E-state index in [1.807, 2.05) is 0 Å². The normalized spacial score (nSPS) is 23.6. The highest BCUT2D eigenvalue weighted by Gasteiger charge is 2.25. The lowest BCUT2D eigenvalue weighted by Crippen LogP contribution is -2.40. The zero-order chi connectivity index (χ0) is 18.0. The quantitative estimate of drug-likeness (QED) is 0.440. The Balaban J connectivity index is 1.40. The van der Waals surface area contributed by atoms with Gasteiger partial charge in [0.15, 0.2) is 5.96 Å².